The Kier molecular flexibility index (Phi) is 13.1. The van der Waals surface area contributed by atoms with Crippen LogP contribution in [-0.4, -0.2) is 49.8 Å². The summed E-state index contributed by atoms with van der Waals surface area (Å²) in [5.74, 6) is 0.171. The van der Waals surface area contributed by atoms with E-state index in [0.29, 0.717) is 33.0 Å². The molecule has 1 heterocycles. The molecule has 0 amide bonds. The van der Waals surface area contributed by atoms with Gasteiger partial charge in [-0.05, 0) is 28.7 Å². The first-order chi connectivity index (χ1) is 24.2. The summed E-state index contributed by atoms with van der Waals surface area (Å²) >= 11 is 0. The van der Waals surface area contributed by atoms with Crippen molar-refractivity contribution >= 4 is 0 Å². The summed E-state index contributed by atoms with van der Waals surface area (Å²) in [4.78, 5) is 0. The van der Waals surface area contributed by atoms with Gasteiger partial charge < -0.3 is 28.4 Å². The third kappa shape index (κ3) is 9.06. The molecule has 1 spiro atoms. The number of hydrogen-bond donors (Lipinski definition) is 0. The minimum Gasteiger partial charge on any atom is -0.378 e. The van der Waals surface area contributed by atoms with E-state index in [2.05, 4.69) is 55.5 Å². The van der Waals surface area contributed by atoms with Gasteiger partial charge in [0.05, 0.1) is 39.1 Å². The van der Waals surface area contributed by atoms with Crippen LogP contribution < -0.4 is 0 Å². The maximum absolute atomic E-state index is 7.30. The van der Waals surface area contributed by atoms with Crippen molar-refractivity contribution in [2.45, 2.75) is 102 Å². The maximum Gasteiger partial charge on any atom is 0.129 e. The second kappa shape index (κ2) is 18.0. The normalized spacial score (nSPS) is 26.2. The molecule has 0 N–H and O–H groups in total. The number of hydrogen-bond acceptors (Lipinski definition) is 6. The lowest BCUT2D eigenvalue weighted by Crippen LogP contribution is -2.64. The van der Waals surface area contributed by atoms with Gasteiger partial charge in [0.1, 0.15) is 30.0 Å². The Morgan fingerprint density at radius 2 is 1.04 bits per heavy atom. The van der Waals surface area contributed by atoms with Gasteiger partial charge >= 0.3 is 0 Å². The van der Waals surface area contributed by atoms with Crippen molar-refractivity contribution in [3.8, 4) is 0 Å². The molecule has 49 heavy (non-hydrogen) atoms. The molecule has 1 saturated carbocycles. The molecule has 0 unspecified atom stereocenters. The first kappa shape index (κ1) is 35.5. The van der Waals surface area contributed by atoms with Crippen LogP contribution in [0.2, 0.25) is 0 Å². The van der Waals surface area contributed by atoms with E-state index in [1.165, 1.54) is 19.3 Å². The van der Waals surface area contributed by atoms with Crippen molar-refractivity contribution in [3.05, 3.63) is 144 Å². The van der Waals surface area contributed by atoms with Crippen LogP contribution in [0.1, 0.15) is 61.3 Å². The summed E-state index contributed by atoms with van der Waals surface area (Å²) < 4.78 is 40.8. The van der Waals surface area contributed by atoms with Crippen LogP contribution in [0, 0.1) is 5.92 Å². The molecule has 6 nitrogen and oxygen atoms in total. The highest BCUT2D eigenvalue weighted by Crippen LogP contribution is 2.59. The molecule has 7 atom stereocenters. The molecule has 1 saturated heterocycles. The summed E-state index contributed by atoms with van der Waals surface area (Å²) in [5.41, 5.74) is 3.71. The van der Waals surface area contributed by atoms with Gasteiger partial charge in [-0.2, -0.15) is 0 Å². The van der Waals surface area contributed by atoms with Crippen LogP contribution in [0.5, 0.6) is 0 Å². The maximum atomic E-state index is 7.30. The minimum atomic E-state index is -0.690. The minimum absolute atomic E-state index is 0.121. The topological polar surface area (TPSA) is 55.4 Å². The van der Waals surface area contributed by atoms with E-state index in [1.54, 1.807) is 7.11 Å². The third-order valence-electron chi connectivity index (χ3n) is 9.93. The number of methoxy groups -OCH3 is 1. The van der Waals surface area contributed by atoms with Gasteiger partial charge in [-0.1, -0.05) is 154 Å². The summed E-state index contributed by atoms with van der Waals surface area (Å²) in [5, 5.41) is 0. The second-order valence-electron chi connectivity index (χ2n) is 13.4. The molecule has 4 aromatic carbocycles. The largest absolute Gasteiger partial charge is 0.378 e. The van der Waals surface area contributed by atoms with Gasteiger partial charge in [0.15, 0.2) is 0 Å². The smallest absolute Gasteiger partial charge is 0.129 e. The molecular formula is C43H52O6. The van der Waals surface area contributed by atoms with Gasteiger partial charge in [0, 0.05) is 13.0 Å². The van der Waals surface area contributed by atoms with Crippen molar-refractivity contribution in [2.75, 3.05) is 13.7 Å². The molecule has 1 aliphatic heterocycles. The fraction of sp³-hybridized carbons (Fsp3) is 0.442. The summed E-state index contributed by atoms with van der Waals surface area (Å²) in [6.45, 7) is 4.36. The Balaban J connectivity index is 1.34. The van der Waals surface area contributed by atoms with Crippen LogP contribution in [0.4, 0.5) is 0 Å². The lowest BCUT2D eigenvalue weighted by atomic mass is 9.90. The van der Waals surface area contributed by atoms with Crippen molar-refractivity contribution < 1.29 is 28.4 Å². The third-order valence-corrected chi connectivity index (χ3v) is 9.93. The van der Waals surface area contributed by atoms with E-state index in [0.717, 1.165) is 35.1 Å². The van der Waals surface area contributed by atoms with Crippen LogP contribution in [0.25, 0.3) is 0 Å². The van der Waals surface area contributed by atoms with Gasteiger partial charge in [-0.25, -0.2) is 0 Å². The molecule has 6 rings (SSSR count). The molecule has 4 aromatic rings. The van der Waals surface area contributed by atoms with Crippen molar-refractivity contribution in [2.24, 2.45) is 5.92 Å². The number of rotatable bonds is 19. The first-order valence-electron chi connectivity index (χ1n) is 18.0. The Hall–Kier alpha value is -3.36. The Morgan fingerprint density at radius 1 is 0.551 bits per heavy atom. The zero-order chi connectivity index (χ0) is 33.7. The lowest BCUT2D eigenvalue weighted by molar-refractivity contribution is -0.291. The fourth-order valence-electron chi connectivity index (χ4n) is 7.40. The molecule has 2 aliphatic rings. The Bertz CT molecular complexity index is 1490. The van der Waals surface area contributed by atoms with E-state index >= 15 is 0 Å². The summed E-state index contributed by atoms with van der Waals surface area (Å²) in [6, 6.07) is 41.2. The average Bonchev–Trinajstić information content (AvgIpc) is 3.77. The first-order valence-corrected chi connectivity index (χ1v) is 18.0. The zero-order valence-corrected chi connectivity index (χ0v) is 29.0. The fourth-order valence-corrected chi connectivity index (χ4v) is 7.40. The summed E-state index contributed by atoms with van der Waals surface area (Å²) in [7, 11) is 1.80. The summed E-state index contributed by atoms with van der Waals surface area (Å²) in [6.07, 6.45) is 3.89. The number of unbranched alkanes of at least 4 members (excludes halogenated alkanes) is 3. The molecule has 0 radical (unpaired) electrons. The van der Waals surface area contributed by atoms with Crippen LogP contribution in [-0.2, 0) is 54.8 Å². The molecular weight excluding hydrogens is 612 g/mol. The number of ether oxygens (including phenoxy) is 6. The van der Waals surface area contributed by atoms with Crippen LogP contribution in [0.3, 0.4) is 0 Å². The highest BCUT2D eigenvalue weighted by Gasteiger charge is 2.76. The van der Waals surface area contributed by atoms with E-state index < -0.39 is 30.0 Å². The van der Waals surface area contributed by atoms with Crippen molar-refractivity contribution in [1.29, 1.82) is 0 Å². The van der Waals surface area contributed by atoms with Gasteiger partial charge in [-0.15, -0.1) is 0 Å². The quantitative estimate of drug-likeness (QED) is 0.0935. The highest BCUT2D eigenvalue weighted by atomic mass is 16.6. The van der Waals surface area contributed by atoms with Crippen LogP contribution >= 0.6 is 0 Å². The average molecular weight is 665 g/mol. The van der Waals surface area contributed by atoms with Crippen LogP contribution in [0.15, 0.2) is 121 Å². The van der Waals surface area contributed by atoms with E-state index in [-0.39, 0.29) is 12.0 Å². The zero-order valence-electron chi connectivity index (χ0n) is 29.0. The standard InChI is InChI=1S/C43H52O6/c1-3-4-5-18-27-37-41(44-2)43(37)42(48-31-36-25-16-9-17-26-36)40(47-30-35-23-14-8-15-24-35)39(46-29-34-21-12-7-13-22-34)38(49-43)32-45-28-33-19-10-6-11-20-33/h6-17,19-26,37-42H,3-5,18,27-32H2,1-2H3/t37-,38+,39+,40-,41+,42+,43+/m0/s1. The molecule has 1 aliphatic carbocycles. The Labute approximate surface area is 292 Å². The Morgan fingerprint density at radius 3 is 1.55 bits per heavy atom. The van der Waals surface area contributed by atoms with E-state index in [1.807, 2.05) is 72.8 Å². The molecule has 0 bridgehead atoms. The SMILES string of the molecule is CCCCCC[C@H]1[C@@H](OC)[C@]12O[C@H](COCc1ccccc1)[C@@H](OCc1ccccc1)[C@H](OCc1ccccc1)[C@H]2OCc1ccccc1. The molecule has 260 valence electrons. The molecule has 0 aromatic heterocycles. The van der Waals surface area contributed by atoms with Crippen molar-refractivity contribution in [3.63, 3.8) is 0 Å². The van der Waals surface area contributed by atoms with Gasteiger partial charge in [-0.3, -0.25) is 0 Å². The predicted octanol–water partition coefficient (Wildman–Crippen LogP) is 8.71. The monoisotopic (exact) mass is 664 g/mol. The number of benzene rings is 4. The molecule has 6 heteroatoms. The van der Waals surface area contributed by atoms with Gasteiger partial charge in [0.2, 0.25) is 0 Å². The van der Waals surface area contributed by atoms with Gasteiger partial charge in [0.25, 0.3) is 0 Å². The van der Waals surface area contributed by atoms with E-state index in [9.17, 15) is 0 Å². The van der Waals surface area contributed by atoms with E-state index in [4.69, 9.17) is 28.4 Å². The van der Waals surface area contributed by atoms with Crippen molar-refractivity contribution in [1.82, 2.24) is 0 Å². The second-order valence-corrected chi connectivity index (χ2v) is 13.4. The lowest BCUT2D eigenvalue weighted by Gasteiger charge is -2.47. The predicted molar refractivity (Wildman–Crippen MR) is 192 cm³/mol. The molecule has 2 fully saturated rings. The highest BCUT2D eigenvalue weighted by molar-refractivity contribution is 5.26.